The highest BCUT2D eigenvalue weighted by Crippen LogP contribution is 2.56. The molecule has 8 heteroatoms. The predicted octanol–water partition coefficient (Wildman–Crippen LogP) is 6.80. The standard InChI is InChI=1S/C24H18Cl2NO3PS/c1-2-29-31(32,21-6-4-3-5-7-21)22(16-27)23(17-8-12-19(25)13-9-17)30-24(28)18-10-14-20(26)15-11-18/h3-15H,2H2,1H3/b23-22-. The Balaban J connectivity index is 2.21. The fourth-order valence-electron chi connectivity index (χ4n) is 2.91. The molecule has 1 unspecified atom stereocenters. The smallest absolute Gasteiger partial charge is 0.343 e. The molecule has 0 spiro atoms. The summed E-state index contributed by atoms with van der Waals surface area (Å²) < 4.78 is 11.8. The van der Waals surface area contributed by atoms with Crippen molar-refractivity contribution < 1.29 is 14.1 Å². The van der Waals surface area contributed by atoms with Crippen molar-refractivity contribution in [2.75, 3.05) is 6.61 Å². The second kappa shape index (κ2) is 10.9. The third kappa shape index (κ3) is 5.48. The van der Waals surface area contributed by atoms with Crippen LogP contribution in [0.15, 0.2) is 84.2 Å². The Morgan fingerprint density at radius 2 is 1.47 bits per heavy atom. The van der Waals surface area contributed by atoms with Gasteiger partial charge in [0.15, 0.2) is 5.76 Å². The van der Waals surface area contributed by atoms with Gasteiger partial charge in [0.05, 0.1) is 5.56 Å². The number of allylic oxidation sites excluding steroid dienone is 1. The van der Waals surface area contributed by atoms with E-state index in [1.807, 2.05) is 30.3 Å². The number of carbonyl (C=O) groups is 1. The molecule has 162 valence electrons. The van der Waals surface area contributed by atoms with E-state index < -0.39 is 12.2 Å². The summed E-state index contributed by atoms with van der Waals surface area (Å²) in [6.45, 7) is 2.09. The summed E-state index contributed by atoms with van der Waals surface area (Å²) in [5.74, 6) is -0.602. The van der Waals surface area contributed by atoms with Crippen molar-refractivity contribution in [3.63, 3.8) is 0 Å². The van der Waals surface area contributed by atoms with Gasteiger partial charge in [0.25, 0.3) is 0 Å². The highest BCUT2D eigenvalue weighted by Gasteiger charge is 2.32. The van der Waals surface area contributed by atoms with E-state index in [0.29, 0.717) is 20.9 Å². The molecule has 32 heavy (non-hydrogen) atoms. The first-order valence-electron chi connectivity index (χ1n) is 9.58. The number of rotatable bonds is 7. The lowest BCUT2D eigenvalue weighted by Gasteiger charge is -2.24. The van der Waals surface area contributed by atoms with Crippen LogP contribution in [-0.4, -0.2) is 12.6 Å². The SMILES string of the molecule is CCOP(=S)(/C(C#N)=C(\OC(=O)c1ccc(Cl)cc1)c1ccc(Cl)cc1)c1ccccc1. The van der Waals surface area contributed by atoms with E-state index in [2.05, 4.69) is 6.07 Å². The molecule has 3 aromatic carbocycles. The molecule has 0 N–H and O–H groups in total. The van der Waals surface area contributed by atoms with E-state index in [4.69, 9.17) is 44.3 Å². The lowest BCUT2D eigenvalue weighted by Crippen LogP contribution is -2.12. The fraction of sp³-hybridized carbons (Fsp3) is 0.0833. The van der Waals surface area contributed by atoms with Gasteiger partial charge in [-0.15, -0.1) is 0 Å². The number of nitrogens with zero attached hydrogens (tertiary/aromatic N) is 1. The summed E-state index contributed by atoms with van der Waals surface area (Å²) in [5.41, 5.74) is 0.765. The highest BCUT2D eigenvalue weighted by atomic mass is 35.5. The molecule has 0 fully saturated rings. The minimum Gasteiger partial charge on any atom is -0.421 e. The number of hydrogen-bond donors (Lipinski definition) is 0. The molecule has 0 saturated carbocycles. The van der Waals surface area contributed by atoms with E-state index >= 15 is 0 Å². The summed E-state index contributed by atoms with van der Waals surface area (Å²) in [5, 5.41) is 12.0. The lowest BCUT2D eigenvalue weighted by atomic mass is 10.1. The fourth-order valence-corrected chi connectivity index (χ4v) is 6.25. The van der Waals surface area contributed by atoms with Crippen LogP contribution in [-0.2, 0) is 21.1 Å². The Labute approximate surface area is 202 Å². The monoisotopic (exact) mass is 501 g/mol. The first-order chi connectivity index (χ1) is 15.4. The molecule has 0 heterocycles. The Morgan fingerprint density at radius 3 is 1.97 bits per heavy atom. The van der Waals surface area contributed by atoms with Gasteiger partial charge in [-0.05, 0) is 55.5 Å². The average Bonchev–Trinajstić information content (AvgIpc) is 2.80. The van der Waals surface area contributed by atoms with Gasteiger partial charge in [0, 0.05) is 27.5 Å². The third-order valence-corrected chi connectivity index (χ3v) is 8.90. The molecule has 4 nitrogen and oxygen atoms in total. The molecular formula is C24H18Cl2NO3PS. The lowest BCUT2D eigenvalue weighted by molar-refractivity contribution is 0.0691. The Bertz CT molecular complexity index is 1220. The van der Waals surface area contributed by atoms with Crippen LogP contribution < -0.4 is 5.30 Å². The van der Waals surface area contributed by atoms with Gasteiger partial charge in [-0.1, -0.05) is 65.3 Å². The second-order valence-corrected chi connectivity index (χ2v) is 11.2. The zero-order valence-corrected chi connectivity index (χ0v) is 20.2. The maximum absolute atomic E-state index is 13.0. The van der Waals surface area contributed by atoms with Crippen molar-refractivity contribution in [1.82, 2.24) is 0 Å². The van der Waals surface area contributed by atoms with Crippen molar-refractivity contribution in [3.8, 4) is 6.07 Å². The summed E-state index contributed by atoms with van der Waals surface area (Å²) in [6.07, 6.45) is -3.05. The van der Waals surface area contributed by atoms with Gasteiger partial charge in [-0.2, -0.15) is 5.26 Å². The molecule has 0 aliphatic carbocycles. The topological polar surface area (TPSA) is 59.3 Å². The normalized spacial score (nSPS) is 13.4. The molecule has 0 aromatic heterocycles. The van der Waals surface area contributed by atoms with Crippen molar-refractivity contribution in [2.24, 2.45) is 0 Å². The Morgan fingerprint density at radius 1 is 0.938 bits per heavy atom. The Hall–Kier alpha value is -2.45. The van der Waals surface area contributed by atoms with E-state index in [1.165, 1.54) is 0 Å². The summed E-state index contributed by atoms with van der Waals surface area (Å²) in [6, 6.07) is 24.2. The quantitative estimate of drug-likeness (QED) is 0.154. The minimum absolute atomic E-state index is 0.0461. The minimum atomic E-state index is -3.05. The van der Waals surface area contributed by atoms with E-state index in [-0.39, 0.29) is 23.2 Å². The summed E-state index contributed by atoms with van der Waals surface area (Å²) >= 11 is 17.9. The van der Waals surface area contributed by atoms with Gasteiger partial charge in [-0.3, -0.25) is 0 Å². The first kappa shape index (κ1) is 24.2. The zero-order chi connectivity index (χ0) is 23.1. The third-order valence-electron chi connectivity index (χ3n) is 4.40. The van der Waals surface area contributed by atoms with E-state index in [1.54, 1.807) is 55.5 Å². The van der Waals surface area contributed by atoms with Crippen LogP contribution in [0.2, 0.25) is 10.0 Å². The molecule has 0 amide bonds. The van der Waals surface area contributed by atoms with Gasteiger partial charge >= 0.3 is 5.97 Å². The van der Waals surface area contributed by atoms with Crippen LogP contribution >= 0.6 is 29.5 Å². The average molecular weight is 502 g/mol. The van der Waals surface area contributed by atoms with E-state index in [0.717, 1.165) is 0 Å². The van der Waals surface area contributed by atoms with Crippen LogP contribution in [0.25, 0.3) is 5.76 Å². The van der Waals surface area contributed by atoms with Crippen LogP contribution in [0.1, 0.15) is 22.8 Å². The summed E-state index contributed by atoms with van der Waals surface area (Å²) in [7, 11) is 0. The molecule has 0 aliphatic rings. The van der Waals surface area contributed by atoms with Crippen molar-refractivity contribution in [3.05, 3.63) is 105 Å². The number of nitriles is 1. The van der Waals surface area contributed by atoms with Crippen LogP contribution in [0.5, 0.6) is 0 Å². The molecule has 3 aromatic rings. The number of carbonyl (C=O) groups excluding carboxylic acids is 1. The number of ether oxygens (including phenoxy) is 1. The van der Waals surface area contributed by atoms with Crippen molar-refractivity contribution >= 4 is 58.3 Å². The van der Waals surface area contributed by atoms with Crippen LogP contribution in [0.4, 0.5) is 0 Å². The van der Waals surface area contributed by atoms with Gasteiger partial charge in [0.1, 0.15) is 17.6 Å². The number of hydrogen-bond acceptors (Lipinski definition) is 5. The molecule has 0 aliphatic heterocycles. The maximum atomic E-state index is 13.0. The van der Waals surface area contributed by atoms with Crippen LogP contribution in [0, 0.1) is 11.3 Å². The molecule has 0 radical (unpaired) electrons. The second-order valence-electron chi connectivity index (χ2n) is 6.50. The molecular weight excluding hydrogens is 484 g/mol. The van der Waals surface area contributed by atoms with Gasteiger partial charge in [-0.25, -0.2) is 4.79 Å². The molecule has 3 rings (SSSR count). The Kier molecular flexibility index (Phi) is 8.26. The molecule has 1 atom stereocenters. The first-order valence-corrected chi connectivity index (χ1v) is 13.1. The van der Waals surface area contributed by atoms with Gasteiger partial charge in [0.2, 0.25) is 0 Å². The van der Waals surface area contributed by atoms with Crippen molar-refractivity contribution in [1.29, 1.82) is 5.26 Å². The largest absolute Gasteiger partial charge is 0.421 e. The zero-order valence-electron chi connectivity index (χ0n) is 17.0. The van der Waals surface area contributed by atoms with Crippen LogP contribution in [0.3, 0.4) is 0 Å². The van der Waals surface area contributed by atoms with Gasteiger partial charge < -0.3 is 9.26 Å². The number of halogens is 2. The molecule has 0 saturated heterocycles. The maximum Gasteiger partial charge on any atom is 0.343 e. The van der Waals surface area contributed by atoms with Crippen molar-refractivity contribution in [2.45, 2.75) is 6.92 Å². The number of esters is 1. The highest BCUT2D eigenvalue weighted by molar-refractivity contribution is 8.18. The number of benzene rings is 3. The predicted molar refractivity (Wildman–Crippen MR) is 133 cm³/mol. The summed E-state index contributed by atoms with van der Waals surface area (Å²) in [4.78, 5) is 13.0. The molecule has 0 bridgehead atoms. The van der Waals surface area contributed by atoms with E-state index in [9.17, 15) is 10.1 Å².